The quantitative estimate of drug-likeness (QED) is 0.684. The molecule has 0 saturated carbocycles. The van der Waals surface area contributed by atoms with E-state index in [1.165, 1.54) is 27.6 Å². The van der Waals surface area contributed by atoms with Crippen molar-refractivity contribution in [2.45, 2.75) is 40.0 Å². The maximum absolute atomic E-state index is 6.17. The first-order valence-corrected chi connectivity index (χ1v) is 8.93. The van der Waals surface area contributed by atoms with Crippen molar-refractivity contribution in [1.29, 1.82) is 0 Å². The van der Waals surface area contributed by atoms with E-state index in [1.54, 1.807) is 0 Å². The third-order valence-corrected chi connectivity index (χ3v) is 5.02. The largest absolute Gasteiger partial charge is 0.473 e. The summed E-state index contributed by atoms with van der Waals surface area (Å²) in [6, 6.07) is 17.2. The van der Waals surface area contributed by atoms with Crippen LogP contribution in [0.1, 0.15) is 29.2 Å². The van der Waals surface area contributed by atoms with Gasteiger partial charge in [0.2, 0.25) is 5.88 Å². The van der Waals surface area contributed by atoms with Crippen LogP contribution in [0.3, 0.4) is 0 Å². The van der Waals surface area contributed by atoms with E-state index in [2.05, 4.69) is 74.2 Å². The van der Waals surface area contributed by atoms with Crippen molar-refractivity contribution in [3.05, 3.63) is 70.8 Å². The standard InChI is InChI=1S/C22H24N2O/c1-15-9-10-19-11-20-14-24(13-18-7-5-4-6-8-18)12-16(2)25-22(20)23-21(19)17(15)3/h4-11,16H,12-14H2,1-3H3/t16-/m1/s1. The predicted molar refractivity (Wildman–Crippen MR) is 102 cm³/mol. The summed E-state index contributed by atoms with van der Waals surface area (Å²) >= 11 is 0. The van der Waals surface area contributed by atoms with Gasteiger partial charge in [0.05, 0.1) is 5.52 Å². The van der Waals surface area contributed by atoms with Crippen LogP contribution in [-0.2, 0) is 13.1 Å². The molecule has 0 unspecified atom stereocenters. The Morgan fingerprint density at radius 1 is 1.12 bits per heavy atom. The zero-order valence-electron chi connectivity index (χ0n) is 15.1. The highest BCUT2D eigenvalue weighted by molar-refractivity contribution is 5.84. The van der Waals surface area contributed by atoms with Gasteiger partial charge in [-0.05, 0) is 43.5 Å². The SMILES string of the molecule is Cc1ccc2cc3c(nc2c1C)O[C@H](C)CN(Cc1ccccc1)C3. The van der Waals surface area contributed by atoms with E-state index in [0.717, 1.165) is 31.0 Å². The van der Waals surface area contributed by atoms with Gasteiger partial charge < -0.3 is 4.74 Å². The molecule has 0 aliphatic carbocycles. The van der Waals surface area contributed by atoms with Crippen LogP contribution in [-0.4, -0.2) is 22.5 Å². The summed E-state index contributed by atoms with van der Waals surface area (Å²) in [7, 11) is 0. The van der Waals surface area contributed by atoms with E-state index in [-0.39, 0.29) is 6.10 Å². The fraction of sp³-hybridized carbons (Fsp3) is 0.318. The van der Waals surface area contributed by atoms with Crippen LogP contribution < -0.4 is 4.74 Å². The first-order valence-electron chi connectivity index (χ1n) is 8.93. The molecule has 3 heteroatoms. The van der Waals surface area contributed by atoms with E-state index in [9.17, 15) is 0 Å². The molecule has 1 aliphatic rings. The molecule has 0 fully saturated rings. The van der Waals surface area contributed by atoms with Crippen LogP contribution >= 0.6 is 0 Å². The van der Waals surface area contributed by atoms with Crippen LogP contribution in [0.5, 0.6) is 5.88 Å². The van der Waals surface area contributed by atoms with Gasteiger partial charge in [-0.2, -0.15) is 0 Å². The Labute approximate surface area is 149 Å². The number of hydrogen-bond acceptors (Lipinski definition) is 3. The molecule has 0 radical (unpaired) electrons. The summed E-state index contributed by atoms with van der Waals surface area (Å²) in [5.41, 5.74) is 6.08. The van der Waals surface area contributed by atoms with Crippen LogP contribution in [0.15, 0.2) is 48.5 Å². The highest BCUT2D eigenvalue weighted by Gasteiger charge is 2.22. The highest BCUT2D eigenvalue weighted by atomic mass is 16.5. The first-order chi connectivity index (χ1) is 12.1. The van der Waals surface area contributed by atoms with Crippen molar-refractivity contribution in [2.24, 2.45) is 0 Å². The van der Waals surface area contributed by atoms with Gasteiger partial charge in [0.25, 0.3) is 0 Å². The Balaban J connectivity index is 1.71. The summed E-state index contributed by atoms with van der Waals surface area (Å²) in [4.78, 5) is 7.32. The van der Waals surface area contributed by atoms with E-state index < -0.39 is 0 Å². The molecular weight excluding hydrogens is 308 g/mol. The van der Waals surface area contributed by atoms with Gasteiger partial charge in [0.15, 0.2) is 0 Å². The van der Waals surface area contributed by atoms with Crippen molar-refractivity contribution >= 4 is 10.9 Å². The monoisotopic (exact) mass is 332 g/mol. The summed E-state index contributed by atoms with van der Waals surface area (Å²) < 4.78 is 6.17. The van der Waals surface area contributed by atoms with Crippen molar-refractivity contribution in [3.63, 3.8) is 0 Å². The van der Waals surface area contributed by atoms with Gasteiger partial charge in [0, 0.05) is 30.6 Å². The van der Waals surface area contributed by atoms with Crippen molar-refractivity contribution in [2.75, 3.05) is 6.54 Å². The Morgan fingerprint density at radius 3 is 2.72 bits per heavy atom. The molecule has 3 aromatic rings. The third-order valence-electron chi connectivity index (χ3n) is 5.02. The molecule has 0 amide bonds. The van der Waals surface area contributed by atoms with E-state index >= 15 is 0 Å². The summed E-state index contributed by atoms with van der Waals surface area (Å²) in [5, 5.41) is 1.19. The maximum atomic E-state index is 6.17. The second kappa shape index (κ2) is 6.49. The smallest absolute Gasteiger partial charge is 0.218 e. The number of fused-ring (bicyclic) bond motifs is 2. The summed E-state index contributed by atoms with van der Waals surface area (Å²) in [6.07, 6.45) is 0.125. The number of benzene rings is 2. The van der Waals surface area contributed by atoms with Gasteiger partial charge in [-0.3, -0.25) is 4.90 Å². The maximum Gasteiger partial charge on any atom is 0.218 e. The number of nitrogens with zero attached hydrogens (tertiary/aromatic N) is 2. The second-order valence-corrected chi connectivity index (χ2v) is 7.12. The number of aryl methyl sites for hydroxylation is 2. The lowest BCUT2D eigenvalue weighted by molar-refractivity contribution is 0.153. The predicted octanol–water partition coefficient (Wildman–Crippen LogP) is 4.63. The average Bonchev–Trinajstić information content (AvgIpc) is 2.75. The lowest BCUT2D eigenvalue weighted by atomic mass is 10.0. The van der Waals surface area contributed by atoms with Crippen molar-refractivity contribution < 1.29 is 4.74 Å². The second-order valence-electron chi connectivity index (χ2n) is 7.12. The fourth-order valence-corrected chi connectivity index (χ4v) is 3.58. The lowest BCUT2D eigenvalue weighted by Gasteiger charge is -2.21. The fourth-order valence-electron chi connectivity index (χ4n) is 3.58. The Bertz CT molecular complexity index is 905. The number of aromatic nitrogens is 1. The Hall–Kier alpha value is -2.39. The van der Waals surface area contributed by atoms with Crippen LogP contribution in [0, 0.1) is 13.8 Å². The van der Waals surface area contributed by atoms with Gasteiger partial charge in [-0.25, -0.2) is 4.98 Å². The van der Waals surface area contributed by atoms with Crippen molar-refractivity contribution in [3.8, 4) is 5.88 Å². The van der Waals surface area contributed by atoms with Crippen molar-refractivity contribution in [1.82, 2.24) is 9.88 Å². The minimum Gasteiger partial charge on any atom is -0.473 e. The van der Waals surface area contributed by atoms with Crippen LogP contribution in [0.2, 0.25) is 0 Å². The molecule has 1 aliphatic heterocycles. The zero-order valence-corrected chi connectivity index (χ0v) is 15.1. The van der Waals surface area contributed by atoms with Gasteiger partial charge >= 0.3 is 0 Å². The van der Waals surface area contributed by atoms with Gasteiger partial charge in [0.1, 0.15) is 6.10 Å². The highest BCUT2D eigenvalue weighted by Crippen LogP contribution is 2.30. The topological polar surface area (TPSA) is 25.4 Å². The number of rotatable bonds is 2. The minimum absolute atomic E-state index is 0.125. The van der Waals surface area contributed by atoms with Crippen LogP contribution in [0.4, 0.5) is 0 Å². The number of hydrogen-bond donors (Lipinski definition) is 0. The molecule has 3 nitrogen and oxygen atoms in total. The molecule has 4 rings (SSSR count). The Morgan fingerprint density at radius 2 is 1.92 bits per heavy atom. The molecule has 128 valence electrons. The summed E-state index contributed by atoms with van der Waals surface area (Å²) in [5.74, 6) is 0.796. The molecule has 0 bridgehead atoms. The zero-order chi connectivity index (χ0) is 17.4. The Kier molecular flexibility index (Phi) is 4.18. The van der Waals surface area contributed by atoms with E-state index in [1.807, 2.05) is 0 Å². The number of ether oxygens (including phenoxy) is 1. The summed E-state index contributed by atoms with van der Waals surface area (Å²) in [6.45, 7) is 9.09. The molecule has 1 aromatic heterocycles. The average molecular weight is 332 g/mol. The molecule has 2 aromatic carbocycles. The lowest BCUT2D eigenvalue weighted by Crippen LogP contribution is -2.30. The number of pyridine rings is 1. The minimum atomic E-state index is 0.125. The molecule has 25 heavy (non-hydrogen) atoms. The van der Waals surface area contributed by atoms with E-state index in [0.29, 0.717) is 0 Å². The van der Waals surface area contributed by atoms with Gasteiger partial charge in [-0.15, -0.1) is 0 Å². The molecule has 0 saturated heterocycles. The normalized spacial score (nSPS) is 17.8. The van der Waals surface area contributed by atoms with E-state index in [4.69, 9.17) is 9.72 Å². The molecule has 2 heterocycles. The molecule has 1 atom stereocenters. The molecule has 0 N–H and O–H groups in total. The van der Waals surface area contributed by atoms with Gasteiger partial charge in [-0.1, -0.05) is 42.5 Å². The third kappa shape index (κ3) is 3.24. The molecular formula is C22H24N2O. The molecule has 0 spiro atoms. The first kappa shape index (κ1) is 16.1. The van der Waals surface area contributed by atoms with Crippen LogP contribution in [0.25, 0.3) is 10.9 Å².